The van der Waals surface area contributed by atoms with Crippen molar-refractivity contribution < 1.29 is 0 Å². The number of thiophene rings is 1. The Morgan fingerprint density at radius 1 is 1.33 bits per heavy atom. The molecule has 0 bridgehead atoms. The molecule has 0 saturated heterocycles. The van der Waals surface area contributed by atoms with Gasteiger partial charge in [0, 0.05) is 30.9 Å². The number of guanidine groups is 1. The van der Waals surface area contributed by atoms with Crippen molar-refractivity contribution in [2.75, 3.05) is 13.1 Å². The molecule has 8 heteroatoms. The van der Waals surface area contributed by atoms with Crippen molar-refractivity contribution in [3.8, 4) is 0 Å². The first-order valence-electron chi connectivity index (χ1n) is 10.9. The van der Waals surface area contributed by atoms with Crippen LogP contribution in [0, 0.1) is 0 Å². The van der Waals surface area contributed by atoms with Gasteiger partial charge >= 0.3 is 0 Å². The lowest BCUT2D eigenvalue weighted by Gasteiger charge is -2.20. The van der Waals surface area contributed by atoms with Gasteiger partial charge in [-0.15, -0.1) is 45.5 Å². The van der Waals surface area contributed by atoms with E-state index in [-0.39, 0.29) is 30.0 Å². The fraction of sp³-hybridized carbons (Fsp3) is 0.591. The second-order valence-corrected chi connectivity index (χ2v) is 8.41. The third-order valence-corrected chi connectivity index (χ3v) is 6.34. The molecule has 0 aliphatic heterocycles. The van der Waals surface area contributed by atoms with E-state index in [9.17, 15) is 0 Å². The summed E-state index contributed by atoms with van der Waals surface area (Å²) in [6, 6.07) is 4.60. The number of hydrogen-bond acceptors (Lipinski definition) is 4. The summed E-state index contributed by atoms with van der Waals surface area (Å²) in [6.07, 6.45) is 12.3. The molecule has 3 rings (SSSR count). The molecule has 1 unspecified atom stereocenters. The fourth-order valence-electron chi connectivity index (χ4n) is 3.66. The molecule has 1 atom stereocenters. The molecule has 0 radical (unpaired) electrons. The first-order chi connectivity index (χ1) is 14.3. The highest BCUT2D eigenvalue weighted by Crippen LogP contribution is 2.22. The van der Waals surface area contributed by atoms with E-state index in [0.29, 0.717) is 0 Å². The van der Waals surface area contributed by atoms with Crippen molar-refractivity contribution >= 4 is 41.3 Å². The minimum atomic E-state index is 0. The monoisotopic (exact) mass is 542 g/mol. The number of aryl methyl sites for hydroxylation is 1. The van der Waals surface area contributed by atoms with Crippen LogP contribution in [0.5, 0.6) is 0 Å². The van der Waals surface area contributed by atoms with Crippen LogP contribution >= 0.6 is 35.3 Å². The lowest BCUT2D eigenvalue weighted by atomic mass is 9.97. The zero-order chi connectivity index (χ0) is 20.3. The van der Waals surface area contributed by atoms with Crippen molar-refractivity contribution in [2.45, 2.75) is 71.4 Å². The van der Waals surface area contributed by atoms with Gasteiger partial charge in [0.25, 0.3) is 0 Å². The van der Waals surface area contributed by atoms with Crippen molar-refractivity contribution in [3.63, 3.8) is 0 Å². The molecule has 1 aliphatic carbocycles. The zero-order valence-electron chi connectivity index (χ0n) is 18.1. The Morgan fingerprint density at radius 2 is 2.23 bits per heavy atom. The Morgan fingerprint density at radius 3 is 2.93 bits per heavy atom. The van der Waals surface area contributed by atoms with Crippen molar-refractivity contribution in [1.29, 1.82) is 0 Å². The van der Waals surface area contributed by atoms with E-state index < -0.39 is 0 Å². The van der Waals surface area contributed by atoms with Gasteiger partial charge in [-0.2, -0.15) is 0 Å². The largest absolute Gasteiger partial charge is 0.355 e. The number of nitrogens with one attached hydrogen (secondary N) is 2. The maximum atomic E-state index is 4.89. The SMILES string of the molecule is CCc1nncn1CCNC(=NCCC1=CCCCC1)NC(CC)c1cccs1.I. The molecule has 2 aromatic rings. The minimum Gasteiger partial charge on any atom is -0.355 e. The van der Waals surface area contributed by atoms with E-state index in [4.69, 9.17) is 4.99 Å². The molecule has 0 amide bonds. The van der Waals surface area contributed by atoms with Gasteiger partial charge in [-0.05, 0) is 50.0 Å². The molecule has 0 spiro atoms. The Kier molecular flexibility index (Phi) is 11.4. The predicted octanol–water partition coefficient (Wildman–Crippen LogP) is 5.10. The van der Waals surface area contributed by atoms with E-state index in [0.717, 1.165) is 50.7 Å². The van der Waals surface area contributed by atoms with Crippen molar-refractivity contribution in [2.24, 2.45) is 4.99 Å². The van der Waals surface area contributed by atoms with E-state index in [1.54, 1.807) is 23.2 Å². The number of halogens is 1. The van der Waals surface area contributed by atoms with E-state index in [1.807, 2.05) is 0 Å². The summed E-state index contributed by atoms with van der Waals surface area (Å²) in [7, 11) is 0. The Bertz CT molecular complexity index is 783. The summed E-state index contributed by atoms with van der Waals surface area (Å²) >= 11 is 1.80. The van der Waals surface area contributed by atoms with Crippen molar-refractivity contribution in [3.05, 3.63) is 46.2 Å². The first-order valence-corrected chi connectivity index (χ1v) is 11.8. The van der Waals surface area contributed by atoms with Crippen molar-refractivity contribution in [1.82, 2.24) is 25.4 Å². The van der Waals surface area contributed by atoms with Crippen LogP contribution in [-0.2, 0) is 13.0 Å². The average molecular weight is 543 g/mol. The van der Waals surface area contributed by atoms with Gasteiger partial charge in [0.05, 0.1) is 6.04 Å². The number of allylic oxidation sites excluding steroid dienone is 1. The summed E-state index contributed by atoms with van der Waals surface area (Å²) < 4.78 is 2.11. The smallest absolute Gasteiger partial charge is 0.191 e. The summed E-state index contributed by atoms with van der Waals surface area (Å²) in [4.78, 5) is 6.25. The summed E-state index contributed by atoms with van der Waals surface area (Å²) in [5.41, 5.74) is 1.57. The first kappa shape index (κ1) is 24.8. The molecule has 30 heavy (non-hydrogen) atoms. The van der Waals surface area contributed by atoms with Gasteiger partial charge in [-0.1, -0.05) is 31.6 Å². The topological polar surface area (TPSA) is 67.1 Å². The molecule has 0 fully saturated rings. The van der Waals surface area contributed by atoms with Gasteiger partial charge in [0.15, 0.2) is 5.96 Å². The van der Waals surface area contributed by atoms with Crippen LogP contribution in [0.1, 0.15) is 69.1 Å². The lowest BCUT2D eigenvalue weighted by molar-refractivity contribution is 0.595. The third kappa shape index (κ3) is 7.68. The molecule has 2 heterocycles. The van der Waals surface area contributed by atoms with Crippen LogP contribution in [0.25, 0.3) is 0 Å². The second-order valence-electron chi connectivity index (χ2n) is 7.43. The molecule has 166 valence electrons. The fourth-order valence-corrected chi connectivity index (χ4v) is 4.52. The van der Waals surface area contributed by atoms with E-state index in [1.165, 1.54) is 30.6 Å². The second kappa shape index (κ2) is 13.8. The molecular formula is C22H35IN6S. The average Bonchev–Trinajstić information content (AvgIpc) is 3.44. The predicted molar refractivity (Wildman–Crippen MR) is 137 cm³/mol. The van der Waals surface area contributed by atoms with Gasteiger partial charge in [0.1, 0.15) is 12.2 Å². The molecule has 2 N–H and O–H groups in total. The molecule has 1 aliphatic rings. The summed E-state index contributed by atoms with van der Waals surface area (Å²) in [5.74, 6) is 1.92. The number of hydrogen-bond donors (Lipinski definition) is 2. The molecule has 0 saturated carbocycles. The van der Waals surface area contributed by atoms with E-state index >= 15 is 0 Å². The van der Waals surface area contributed by atoms with Crippen LogP contribution in [0.15, 0.2) is 40.5 Å². The Balaban J connectivity index is 0.00000320. The van der Waals surface area contributed by atoms with Crippen LogP contribution in [0.2, 0.25) is 0 Å². The summed E-state index contributed by atoms with van der Waals surface area (Å²) in [5, 5.41) is 17.5. The standard InChI is InChI=1S/C22H34N6S.HI/c1-3-19(20-11-8-16-29-20)26-22(23-13-12-18-9-6-5-7-10-18)24-14-15-28-17-25-27-21(28)4-2;/h8-9,11,16-17,19H,3-7,10,12-15H2,1-2H3,(H2,23,24,26);1H. The molecule has 0 aromatic carbocycles. The van der Waals surface area contributed by atoms with Gasteiger partial charge < -0.3 is 15.2 Å². The highest BCUT2D eigenvalue weighted by molar-refractivity contribution is 14.0. The maximum absolute atomic E-state index is 4.89. The number of nitrogens with zero attached hydrogens (tertiary/aromatic N) is 4. The van der Waals surface area contributed by atoms with Gasteiger partial charge in [-0.3, -0.25) is 4.99 Å². The normalized spacial score (nSPS) is 15.3. The Hall–Kier alpha value is -1.42. The molecule has 2 aromatic heterocycles. The zero-order valence-corrected chi connectivity index (χ0v) is 21.3. The number of aliphatic imine (C=N–C) groups is 1. The number of aromatic nitrogens is 3. The summed E-state index contributed by atoms with van der Waals surface area (Å²) in [6.45, 7) is 6.77. The van der Waals surface area contributed by atoms with Gasteiger partial charge in [-0.25, -0.2) is 0 Å². The van der Waals surface area contributed by atoms with Crippen LogP contribution < -0.4 is 10.6 Å². The van der Waals surface area contributed by atoms with Gasteiger partial charge in [0.2, 0.25) is 0 Å². The highest BCUT2D eigenvalue weighted by atomic mass is 127. The maximum Gasteiger partial charge on any atom is 0.191 e. The number of rotatable bonds is 10. The molecular weight excluding hydrogens is 507 g/mol. The molecule has 6 nitrogen and oxygen atoms in total. The Labute approximate surface area is 201 Å². The minimum absolute atomic E-state index is 0. The third-order valence-electron chi connectivity index (χ3n) is 5.35. The van der Waals surface area contributed by atoms with E-state index in [2.05, 4.69) is 62.8 Å². The van der Waals surface area contributed by atoms with Crippen LogP contribution in [0.3, 0.4) is 0 Å². The quantitative estimate of drug-likeness (QED) is 0.190. The van der Waals surface area contributed by atoms with Crippen LogP contribution in [-0.4, -0.2) is 33.8 Å². The highest BCUT2D eigenvalue weighted by Gasteiger charge is 2.13. The lowest BCUT2D eigenvalue weighted by Crippen LogP contribution is -2.41. The van der Waals surface area contributed by atoms with Crippen LogP contribution in [0.4, 0.5) is 0 Å².